The number of sulfonamides is 1. The van der Waals surface area contributed by atoms with Gasteiger partial charge in [-0.3, -0.25) is 4.68 Å². The number of aryl methyl sites for hydroxylation is 2. The zero-order chi connectivity index (χ0) is 22.5. The van der Waals surface area contributed by atoms with Crippen LogP contribution in [0.5, 0.6) is 0 Å². The molecule has 7 nitrogen and oxygen atoms in total. The molecule has 0 spiro atoms. The van der Waals surface area contributed by atoms with Crippen molar-refractivity contribution >= 4 is 19.9 Å². The number of benzene rings is 1. The van der Waals surface area contributed by atoms with Crippen LogP contribution >= 0.6 is 0 Å². The third-order valence-electron chi connectivity index (χ3n) is 5.39. The first kappa shape index (κ1) is 22.8. The maximum Gasteiger partial charge on any atom is 0.416 e. The molecule has 30 heavy (non-hydrogen) atoms. The molecular formula is C18H22F3N3O4S2. The number of sulfone groups is 1. The zero-order valence-electron chi connectivity index (χ0n) is 16.6. The number of hydrogen-bond acceptors (Lipinski definition) is 5. The molecule has 1 aliphatic carbocycles. The van der Waals surface area contributed by atoms with Crippen LogP contribution in [0.4, 0.5) is 13.2 Å². The van der Waals surface area contributed by atoms with Crippen LogP contribution in [0.3, 0.4) is 0 Å². The average Bonchev–Trinajstić information content (AvgIpc) is 2.85. The Hall–Kier alpha value is -1.92. The van der Waals surface area contributed by atoms with Crippen LogP contribution in [0.1, 0.15) is 29.8 Å². The summed E-state index contributed by atoms with van der Waals surface area (Å²) in [5.74, 6) is -0.220. The van der Waals surface area contributed by atoms with Gasteiger partial charge in [-0.25, -0.2) is 21.6 Å². The van der Waals surface area contributed by atoms with E-state index in [-0.39, 0.29) is 35.1 Å². The fraction of sp³-hybridized carbons (Fsp3) is 0.500. The number of nitrogens with zero attached hydrogens (tertiary/aromatic N) is 2. The summed E-state index contributed by atoms with van der Waals surface area (Å²) in [4.78, 5) is -0.277. The van der Waals surface area contributed by atoms with Gasteiger partial charge in [-0.05, 0) is 50.8 Å². The quantitative estimate of drug-likeness (QED) is 0.707. The standard InChI is InChI=1S/C18H22F3N3O4S2/c1-11-17(12(2)24(3)23-11)30(27,28)22-10-13-7-16(8-13)29(25,26)15-6-4-5-14(9-15)18(19,20)21/h4-6,9,13,16,22H,7-8,10H2,1-3H3/t13-,16-. The van der Waals surface area contributed by atoms with Crippen LogP contribution in [-0.2, 0) is 33.1 Å². The Morgan fingerprint density at radius 3 is 2.33 bits per heavy atom. The lowest BCUT2D eigenvalue weighted by Crippen LogP contribution is -2.42. The van der Waals surface area contributed by atoms with E-state index in [4.69, 9.17) is 0 Å². The highest BCUT2D eigenvalue weighted by atomic mass is 32.2. The van der Waals surface area contributed by atoms with Gasteiger partial charge in [0.05, 0.1) is 27.1 Å². The molecule has 1 N–H and O–H groups in total. The predicted molar refractivity (Wildman–Crippen MR) is 103 cm³/mol. The Kier molecular flexibility index (Phi) is 5.80. The van der Waals surface area contributed by atoms with Gasteiger partial charge in [-0.1, -0.05) is 6.07 Å². The van der Waals surface area contributed by atoms with Crippen LogP contribution in [0.15, 0.2) is 34.1 Å². The minimum Gasteiger partial charge on any atom is -0.271 e. The fourth-order valence-electron chi connectivity index (χ4n) is 3.58. The molecule has 12 heteroatoms. The molecule has 3 rings (SSSR count). The highest BCUT2D eigenvalue weighted by Gasteiger charge is 2.41. The zero-order valence-corrected chi connectivity index (χ0v) is 18.2. The molecule has 166 valence electrons. The van der Waals surface area contributed by atoms with Crippen molar-refractivity contribution in [2.75, 3.05) is 6.54 Å². The van der Waals surface area contributed by atoms with Gasteiger partial charge in [0.2, 0.25) is 10.0 Å². The SMILES string of the molecule is Cc1nn(C)c(C)c1S(=O)(=O)NC[C@H]1C[C@H](S(=O)(=O)c2cccc(C(F)(F)F)c2)C1. The van der Waals surface area contributed by atoms with Gasteiger partial charge in [-0.15, -0.1) is 0 Å². The molecule has 1 aromatic heterocycles. The predicted octanol–water partition coefficient (Wildman–Crippen LogP) is 2.59. The van der Waals surface area contributed by atoms with Crippen LogP contribution in [-0.4, -0.2) is 38.4 Å². The smallest absolute Gasteiger partial charge is 0.271 e. The highest BCUT2D eigenvalue weighted by molar-refractivity contribution is 7.92. The molecular weight excluding hydrogens is 443 g/mol. The van der Waals surface area contributed by atoms with Crippen molar-refractivity contribution in [1.29, 1.82) is 0 Å². The third-order valence-corrected chi connectivity index (χ3v) is 9.24. The summed E-state index contributed by atoms with van der Waals surface area (Å²) in [5, 5.41) is 3.24. The van der Waals surface area contributed by atoms with Crippen molar-refractivity contribution in [3.63, 3.8) is 0 Å². The monoisotopic (exact) mass is 465 g/mol. The summed E-state index contributed by atoms with van der Waals surface area (Å²) in [6.07, 6.45) is -4.28. The maximum atomic E-state index is 12.9. The van der Waals surface area contributed by atoms with Gasteiger partial charge in [0.15, 0.2) is 9.84 Å². The van der Waals surface area contributed by atoms with Crippen molar-refractivity contribution < 1.29 is 30.0 Å². The molecule has 0 unspecified atom stereocenters. The van der Waals surface area contributed by atoms with Crippen molar-refractivity contribution in [3.05, 3.63) is 41.2 Å². The maximum absolute atomic E-state index is 12.9. The highest BCUT2D eigenvalue weighted by Crippen LogP contribution is 2.38. The van der Waals surface area contributed by atoms with Gasteiger partial charge in [0.25, 0.3) is 0 Å². The molecule has 0 aliphatic heterocycles. The van der Waals surface area contributed by atoms with E-state index in [2.05, 4.69) is 9.82 Å². The van der Waals surface area contributed by atoms with E-state index in [1.165, 1.54) is 4.68 Å². The number of nitrogens with one attached hydrogen (secondary N) is 1. The van der Waals surface area contributed by atoms with Crippen LogP contribution in [0.25, 0.3) is 0 Å². The fourth-order valence-corrected chi connectivity index (χ4v) is 7.12. The number of aromatic nitrogens is 2. The van der Waals surface area contributed by atoms with Gasteiger partial charge >= 0.3 is 6.18 Å². The molecule has 1 aromatic carbocycles. The van der Waals surface area contributed by atoms with Crippen molar-refractivity contribution in [3.8, 4) is 0 Å². The minimum atomic E-state index is -4.63. The number of halogens is 3. The Labute approximate surface area is 173 Å². The first-order chi connectivity index (χ1) is 13.7. The third kappa shape index (κ3) is 4.26. The van der Waals surface area contributed by atoms with Gasteiger partial charge in [0, 0.05) is 13.6 Å². The molecule has 0 radical (unpaired) electrons. The van der Waals surface area contributed by atoms with Crippen LogP contribution < -0.4 is 4.72 Å². The van der Waals surface area contributed by atoms with Gasteiger partial charge in [0.1, 0.15) is 4.90 Å². The lowest BCUT2D eigenvalue weighted by Gasteiger charge is -2.34. The summed E-state index contributed by atoms with van der Waals surface area (Å²) in [6.45, 7) is 3.27. The normalized spacial score (nSPS) is 20.2. The molecule has 2 aromatic rings. The van der Waals surface area contributed by atoms with Crippen molar-refractivity contribution in [2.24, 2.45) is 13.0 Å². The second-order valence-corrected chi connectivity index (χ2v) is 11.4. The minimum absolute atomic E-state index is 0.0463. The Balaban J connectivity index is 1.65. The van der Waals surface area contributed by atoms with E-state index in [0.29, 0.717) is 17.5 Å². The number of rotatable bonds is 6. The van der Waals surface area contributed by atoms with E-state index < -0.39 is 36.9 Å². The Morgan fingerprint density at radius 2 is 1.80 bits per heavy atom. The van der Waals surface area contributed by atoms with E-state index in [1.54, 1.807) is 20.9 Å². The molecule has 0 amide bonds. The summed E-state index contributed by atoms with van der Waals surface area (Å²) in [6, 6.07) is 3.67. The van der Waals surface area contributed by atoms with E-state index >= 15 is 0 Å². The molecule has 0 saturated heterocycles. The second-order valence-electron chi connectivity index (χ2n) is 7.51. The first-order valence-corrected chi connectivity index (χ1v) is 12.2. The molecule has 1 saturated carbocycles. The topological polar surface area (TPSA) is 98.1 Å². The van der Waals surface area contributed by atoms with E-state index in [0.717, 1.165) is 18.2 Å². The number of alkyl halides is 3. The van der Waals surface area contributed by atoms with Crippen LogP contribution in [0.2, 0.25) is 0 Å². The second kappa shape index (κ2) is 7.65. The van der Waals surface area contributed by atoms with Crippen LogP contribution in [0, 0.1) is 19.8 Å². The lowest BCUT2D eigenvalue weighted by molar-refractivity contribution is -0.137. The molecule has 1 fully saturated rings. The lowest BCUT2D eigenvalue weighted by atomic mass is 9.85. The molecule has 0 atom stereocenters. The van der Waals surface area contributed by atoms with Crippen molar-refractivity contribution in [1.82, 2.24) is 14.5 Å². The summed E-state index contributed by atoms with van der Waals surface area (Å²) in [5.41, 5.74) is -0.172. The van der Waals surface area contributed by atoms with Gasteiger partial charge < -0.3 is 0 Å². The Bertz CT molecular complexity index is 1170. The first-order valence-electron chi connectivity index (χ1n) is 9.14. The molecule has 1 aliphatic rings. The average molecular weight is 466 g/mol. The Morgan fingerprint density at radius 1 is 1.17 bits per heavy atom. The van der Waals surface area contributed by atoms with E-state index in [1.807, 2.05) is 0 Å². The largest absolute Gasteiger partial charge is 0.416 e. The summed E-state index contributed by atoms with van der Waals surface area (Å²) < 4.78 is 93.0. The summed E-state index contributed by atoms with van der Waals surface area (Å²) in [7, 11) is -6.10. The molecule has 0 bridgehead atoms. The molecule has 1 heterocycles. The number of hydrogen-bond donors (Lipinski definition) is 1. The van der Waals surface area contributed by atoms with Gasteiger partial charge in [-0.2, -0.15) is 18.3 Å². The van der Waals surface area contributed by atoms with Crippen molar-refractivity contribution in [2.45, 2.75) is 47.9 Å². The van der Waals surface area contributed by atoms with E-state index in [9.17, 15) is 30.0 Å². The summed E-state index contributed by atoms with van der Waals surface area (Å²) >= 11 is 0.